The van der Waals surface area contributed by atoms with Gasteiger partial charge in [0.15, 0.2) is 0 Å². The molecule has 0 saturated carbocycles. The van der Waals surface area contributed by atoms with E-state index in [4.69, 9.17) is 4.74 Å². The average Bonchev–Trinajstić information content (AvgIpc) is 3.50. The van der Waals surface area contributed by atoms with E-state index in [1.165, 1.54) is 6.92 Å². The Hall–Kier alpha value is -2.65. The fourth-order valence-electron chi connectivity index (χ4n) is 5.98. The van der Waals surface area contributed by atoms with Crippen molar-refractivity contribution in [1.82, 2.24) is 14.7 Å². The lowest BCUT2D eigenvalue weighted by Gasteiger charge is -2.31. The largest absolute Gasteiger partial charge is 0.493 e. The van der Waals surface area contributed by atoms with Crippen LogP contribution >= 0.6 is 0 Å². The molecule has 9 nitrogen and oxygen atoms in total. The number of unbranched alkanes of at least 4 members (excludes halogenated alkanes) is 2. The molecule has 3 atom stereocenters. The quantitative estimate of drug-likeness (QED) is 0.262. The molecule has 9 heteroatoms. The summed E-state index contributed by atoms with van der Waals surface area (Å²) >= 11 is 0. The van der Waals surface area contributed by atoms with Gasteiger partial charge in [-0.25, -0.2) is 0 Å². The molecule has 1 aromatic carbocycles. The number of carbonyl (C=O) groups is 3. The molecule has 3 rings (SSSR count). The van der Waals surface area contributed by atoms with Crippen molar-refractivity contribution in [3.8, 4) is 5.75 Å². The number of hydrogen-bond donors (Lipinski definition) is 1. The highest BCUT2D eigenvalue weighted by molar-refractivity contribution is 5.79. The Morgan fingerprint density at radius 3 is 2.48 bits per heavy atom. The van der Waals surface area contributed by atoms with Crippen LogP contribution in [0.15, 0.2) is 18.2 Å². The summed E-state index contributed by atoms with van der Waals surface area (Å²) in [6.07, 6.45) is 5.29. The van der Waals surface area contributed by atoms with E-state index in [-0.39, 0.29) is 30.3 Å². The van der Waals surface area contributed by atoms with E-state index in [1.54, 1.807) is 11.9 Å². The summed E-state index contributed by atoms with van der Waals surface area (Å²) in [5.41, 5.74) is 2.10. The molecule has 2 amide bonds. The molecule has 0 spiro atoms. The second-order valence-corrected chi connectivity index (χ2v) is 12.6. The van der Waals surface area contributed by atoms with Gasteiger partial charge in [0.1, 0.15) is 5.75 Å². The highest BCUT2D eigenvalue weighted by Gasteiger charge is 2.47. The first-order valence-electron chi connectivity index (χ1n) is 14.9. The number of carboxylic acids is 1. The fourth-order valence-corrected chi connectivity index (χ4v) is 5.98. The number of carbonyl (C=O) groups excluding carboxylic acids is 2. The number of hydrogen-bond acceptors (Lipinski definition) is 5. The highest BCUT2D eigenvalue weighted by atomic mass is 16.5. The molecule has 1 fully saturated rings. The van der Waals surface area contributed by atoms with Gasteiger partial charge in [-0.15, -0.1) is 0 Å². The third kappa shape index (κ3) is 8.67. The normalized spacial score (nSPS) is 20.7. The number of carboxylic acid groups (broad SMARTS) is 1. The molecule has 1 unspecified atom stereocenters. The molecule has 224 valence electrons. The molecule has 2 aliphatic rings. The molecule has 1 N–H and O–H groups in total. The Labute approximate surface area is 240 Å². The van der Waals surface area contributed by atoms with Crippen molar-refractivity contribution in [3.63, 3.8) is 0 Å². The Bertz CT molecular complexity index is 1020. The van der Waals surface area contributed by atoms with Crippen LogP contribution in [0.1, 0.15) is 63.0 Å². The lowest BCUT2D eigenvalue weighted by atomic mass is 9.83. The minimum atomic E-state index is -0.852. The lowest BCUT2D eigenvalue weighted by molar-refractivity contribution is -0.870. The van der Waals surface area contributed by atoms with E-state index < -0.39 is 11.9 Å². The lowest BCUT2D eigenvalue weighted by Crippen LogP contribution is -2.46. The minimum absolute atomic E-state index is 0.0534. The number of nitrogens with zero attached hydrogens (tertiary/aromatic N) is 4. The van der Waals surface area contributed by atoms with E-state index in [1.807, 2.05) is 17.0 Å². The number of quaternary nitrogens is 1. The van der Waals surface area contributed by atoms with E-state index >= 15 is 0 Å². The van der Waals surface area contributed by atoms with Gasteiger partial charge in [-0.2, -0.15) is 0 Å². The topological polar surface area (TPSA) is 90.4 Å². The number of aliphatic carboxylic acids is 1. The minimum Gasteiger partial charge on any atom is -0.493 e. The fraction of sp³-hybridized carbons (Fsp3) is 0.710. The highest BCUT2D eigenvalue weighted by Crippen LogP contribution is 2.41. The third-order valence-electron chi connectivity index (χ3n) is 8.45. The van der Waals surface area contributed by atoms with E-state index in [0.29, 0.717) is 26.1 Å². The molecule has 0 aromatic heterocycles. The molecular weight excluding hydrogens is 508 g/mol. The molecule has 2 heterocycles. The molecule has 40 heavy (non-hydrogen) atoms. The second-order valence-electron chi connectivity index (χ2n) is 12.6. The van der Waals surface area contributed by atoms with Crippen molar-refractivity contribution in [2.24, 2.45) is 5.92 Å². The molecular formula is C31H51N4O5+. The van der Waals surface area contributed by atoms with E-state index in [0.717, 1.165) is 73.1 Å². The van der Waals surface area contributed by atoms with Gasteiger partial charge in [0.05, 0.1) is 46.8 Å². The van der Waals surface area contributed by atoms with Crippen molar-refractivity contribution in [2.75, 3.05) is 74.1 Å². The van der Waals surface area contributed by atoms with Gasteiger partial charge in [-0.3, -0.25) is 19.3 Å². The molecule has 1 saturated heterocycles. The summed E-state index contributed by atoms with van der Waals surface area (Å²) in [5.74, 6) is -0.870. The monoisotopic (exact) mass is 559 g/mol. The van der Waals surface area contributed by atoms with Crippen LogP contribution in [0.4, 0.5) is 0 Å². The van der Waals surface area contributed by atoms with Crippen molar-refractivity contribution < 1.29 is 28.7 Å². The number of fused-ring (bicyclic) bond motifs is 1. The number of rotatable bonds is 15. The molecule has 2 aliphatic heterocycles. The maximum absolute atomic E-state index is 13.7. The predicted octanol–water partition coefficient (Wildman–Crippen LogP) is 3.07. The standard InChI is InChI=1S/C31H50N4O5/c1-7-8-15-33(16-9-10-18-35(4,5)6)29(37)22-34-21-26(24-11-12-28-25(20-24)14-19-40-28)30(31(38)39)27(34)13-17-32(3)23(2)36/h11-12,20,26-27,30H,7-10,13-19,21-22H2,1-6H3/p+1/t26-,27+,30?/m1/s1. The van der Waals surface area contributed by atoms with E-state index in [9.17, 15) is 19.5 Å². The van der Waals surface area contributed by atoms with Crippen molar-refractivity contribution in [2.45, 2.75) is 64.3 Å². The van der Waals surface area contributed by atoms with Crippen LogP contribution in [0.5, 0.6) is 5.75 Å². The SMILES string of the molecule is CCCCN(CCCC[N+](C)(C)C)C(=O)CN1C[C@H](c2ccc3c(c2)CCO3)C(C(=O)O)[C@@H]1CCN(C)C(C)=O. The van der Waals surface area contributed by atoms with Crippen molar-refractivity contribution in [1.29, 1.82) is 0 Å². The molecule has 0 radical (unpaired) electrons. The van der Waals surface area contributed by atoms with Gasteiger partial charge < -0.3 is 24.1 Å². The van der Waals surface area contributed by atoms with Gasteiger partial charge in [-0.1, -0.05) is 25.5 Å². The first-order valence-corrected chi connectivity index (χ1v) is 14.9. The average molecular weight is 560 g/mol. The van der Waals surface area contributed by atoms with Gasteiger partial charge in [0.25, 0.3) is 0 Å². The Kier molecular flexibility index (Phi) is 11.4. The van der Waals surface area contributed by atoms with Crippen LogP contribution < -0.4 is 4.74 Å². The van der Waals surface area contributed by atoms with Crippen LogP contribution in [-0.4, -0.2) is 122 Å². The molecule has 0 bridgehead atoms. The van der Waals surface area contributed by atoms with Crippen LogP contribution in [0.3, 0.4) is 0 Å². The van der Waals surface area contributed by atoms with Crippen LogP contribution in [0, 0.1) is 5.92 Å². The van der Waals surface area contributed by atoms with Gasteiger partial charge in [0.2, 0.25) is 11.8 Å². The Morgan fingerprint density at radius 2 is 1.82 bits per heavy atom. The Balaban J connectivity index is 1.81. The first kappa shape index (κ1) is 31.9. The summed E-state index contributed by atoms with van der Waals surface area (Å²) < 4.78 is 6.58. The summed E-state index contributed by atoms with van der Waals surface area (Å²) in [6.45, 7) is 7.94. The van der Waals surface area contributed by atoms with E-state index in [2.05, 4.69) is 39.0 Å². The summed E-state index contributed by atoms with van der Waals surface area (Å²) in [5, 5.41) is 10.4. The summed E-state index contributed by atoms with van der Waals surface area (Å²) in [7, 11) is 8.28. The molecule has 0 aliphatic carbocycles. The number of likely N-dealkylation sites (tertiary alicyclic amines) is 1. The smallest absolute Gasteiger partial charge is 0.308 e. The summed E-state index contributed by atoms with van der Waals surface area (Å²) in [4.78, 5) is 44.1. The zero-order valence-electron chi connectivity index (χ0n) is 25.5. The molecule has 1 aromatic rings. The van der Waals surface area contributed by atoms with Crippen molar-refractivity contribution >= 4 is 17.8 Å². The zero-order valence-corrected chi connectivity index (χ0v) is 25.5. The third-order valence-corrected chi connectivity index (χ3v) is 8.45. The van der Waals surface area contributed by atoms with Gasteiger partial charge in [0, 0.05) is 58.5 Å². The van der Waals surface area contributed by atoms with Crippen LogP contribution in [0.2, 0.25) is 0 Å². The van der Waals surface area contributed by atoms with Crippen molar-refractivity contribution in [3.05, 3.63) is 29.3 Å². The summed E-state index contributed by atoms with van der Waals surface area (Å²) in [6, 6.07) is 5.68. The second kappa shape index (κ2) is 14.3. The number of ether oxygens (including phenoxy) is 1. The Morgan fingerprint density at radius 1 is 1.10 bits per heavy atom. The zero-order chi connectivity index (χ0) is 29.4. The number of benzene rings is 1. The first-order chi connectivity index (χ1) is 18.9. The van der Waals surface area contributed by atoms with Gasteiger partial charge >= 0.3 is 5.97 Å². The van der Waals surface area contributed by atoms with Crippen LogP contribution in [0.25, 0.3) is 0 Å². The van der Waals surface area contributed by atoms with Gasteiger partial charge in [-0.05, 0) is 42.9 Å². The number of amides is 2. The maximum Gasteiger partial charge on any atom is 0.308 e. The van der Waals surface area contributed by atoms with Crippen LogP contribution in [-0.2, 0) is 20.8 Å². The predicted molar refractivity (Wildman–Crippen MR) is 156 cm³/mol. The maximum atomic E-state index is 13.7.